The monoisotopic (exact) mass is 278 g/mol. The van der Waals surface area contributed by atoms with Crippen LogP contribution in [0.3, 0.4) is 0 Å². The summed E-state index contributed by atoms with van der Waals surface area (Å²) >= 11 is 5.06. The Balaban J connectivity index is 2.18. The van der Waals surface area contributed by atoms with Crippen molar-refractivity contribution >= 4 is 23.0 Å². The molecule has 0 unspecified atom stereocenters. The van der Waals surface area contributed by atoms with E-state index in [0.717, 1.165) is 30.2 Å². The van der Waals surface area contributed by atoms with Crippen molar-refractivity contribution in [3.8, 4) is 0 Å². The van der Waals surface area contributed by atoms with E-state index >= 15 is 0 Å². The number of nitrogens with two attached hydrogens (primary N) is 1. The maximum atomic E-state index is 5.73. The molecule has 0 saturated carbocycles. The number of piperidine rings is 1. The third-order valence-electron chi connectivity index (χ3n) is 3.82. The molecule has 0 radical (unpaired) electrons. The molecule has 0 amide bonds. The summed E-state index contributed by atoms with van der Waals surface area (Å²) in [7, 11) is 4.28. The molecule has 19 heavy (non-hydrogen) atoms. The van der Waals surface area contributed by atoms with E-state index in [-0.39, 0.29) is 0 Å². The summed E-state index contributed by atoms with van der Waals surface area (Å²) in [6.45, 7) is 4.26. The fourth-order valence-corrected chi connectivity index (χ4v) is 2.66. The van der Waals surface area contributed by atoms with Gasteiger partial charge < -0.3 is 15.5 Å². The van der Waals surface area contributed by atoms with Crippen molar-refractivity contribution in [2.24, 2.45) is 5.73 Å². The number of pyridine rings is 1. The largest absolute Gasteiger partial charge is 0.389 e. The van der Waals surface area contributed by atoms with E-state index in [1.807, 2.05) is 19.1 Å². The first-order valence-corrected chi connectivity index (χ1v) is 7.08. The molecule has 1 aromatic heterocycles. The van der Waals surface area contributed by atoms with Crippen molar-refractivity contribution in [3.05, 3.63) is 23.4 Å². The van der Waals surface area contributed by atoms with Gasteiger partial charge in [0.2, 0.25) is 0 Å². The van der Waals surface area contributed by atoms with Crippen LogP contribution in [0.15, 0.2) is 12.1 Å². The fraction of sp³-hybridized carbons (Fsp3) is 0.571. The van der Waals surface area contributed by atoms with Gasteiger partial charge in [0.15, 0.2) is 0 Å². The number of hydrogen-bond acceptors (Lipinski definition) is 4. The van der Waals surface area contributed by atoms with Gasteiger partial charge in [0.25, 0.3) is 0 Å². The zero-order chi connectivity index (χ0) is 14.0. The number of aromatic nitrogens is 1. The van der Waals surface area contributed by atoms with E-state index in [4.69, 9.17) is 18.0 Å². The Kier molecular flexibility index (Phi) is 4.37. The van der Waals surface area contributed by atoms with E-state index in [0.29, 0.717) is 11.0 Å². The van der Waals surface area contributed by atoms with Gasteiger partial charge in [0.05, 0.1) is 0 Å². The third-order valence-corrected chi connectivity index (χ3v) is 4.06. The van der Waals surface area contributed by atoms with Crippen LogP contribution >= 0.6 is 12.2 Å². The molecule has 4 nitrogen and oxygen atoms in total. The molecule has 2 heterocycles. The summed E-state index contributed by atoms with van der Waals surface area (Å²) < 4.78 is 0. The molecule has 0 atom stereocenters. The van der Waals surface area contributed by atoms with Gasteiger partial charge in [-0.1, -0.05) is 12.2 Å². The van der Waals surface area contributed by atoms with Crippen LogP contribution in [-0.4, -0.2) is 48.1 Å². The van der Waals surface area contributed by atoms with Gasteiger partial charge >= 0.3 is 0 Å². The van der Waals surface area contributed by atoms with Gasteiger partial charge in [-0.05, 0) is 52.0 Å². The van der Waals surface area contributed by atoms with E-state index in [2.05, 4.69) is 28.9 Å². The van der Waals surface area contributed by atoms with Crippen LogP contribution in [0.2, 0.25) is 0 Å². The second-order valence-corrected chi connectivity index (χ2v) is 5.80. The minimum Gasteiger partial charge on any atom is -0.389 e. The highest BCUT2D eigenvalue weighted by molar-refractivity contribution is 7.80. The standard InChI is InChI=1S/C14H22N4S/c1-10-8-11(14(15)19)9-13(16-10)18(3)12-4-6-17(2)7-5-12/h8-9,12H,4-7H2,1-3H3,(H2,15,19). The number of thiocarbonyl (C=S) groups is 1. The zero-order valence-electron chi connectivity index (χ0n) is 11.9. The molecule has 0 aromatic carbocycles. The number of likely N-dealkylation sites (tertiary alicyclic amines) is 1. The van der Waals surface area contributed by atoms with Crippen LogP contribution in [0.25, 0.3) is 0 Å². The SMILES string of the molecule is Cc1cc(C(N)=S)cc(N(C)C2CCN(C)CC2)n1. The van der Waals surface area contributed by atoms with Crippen molar-refractivity contribution in [1.82, 2.24) is 9.88 Å². The minimum absolute atomic E-state index is 0.434. The second-order valence-electron chi connectivity index (χ2n) is 5.37. The van der Waals surface area contributed by atoms with Gasteiger partial charge in [-0.3, -0.25) is 0 Å². The predicted molar refractivity (Wildman–Crippen MR) is 83.8 cm³/mol. The number of hydrogen-bond donors (Lipinski definition) is 1. The third kappa shape index (κ3) is 3.42. The fourth-order valence-electron chi connectivity index (χ4n) is 2.54. The normalized spacial score (nSPS) is 17.4. The first-order valence-electron chi connectivity index (χ1n) is 6.67. The number of aryl methyl sites for hydroxylation is 1. The highest BCUT2D eigenvalue weighted by Crippen LogP contribution is 2.21. The summed E-state index contributed by atoms with van der Waals surface area (Å²) in [4.78, 5) is 9.68. The average Bonchev–Trinajstić information content (AvgIpc) is 2.38. The van der Waals surface area contributed by atoms with Crippen molar-refractivity contribution in [3.63, 3.8) is 0 Å². The number of rotatable bonds is 3. The lowest BCUT2D eigenvalue weighted by atomic mass is 10.0. The summed E-state index contributed by atoms with van der Waals surface area (Å²) in [5.41, 5.74) is 7.59. The molecule has 0 bridgehead atoms. The average molecular weight is 278 g/mol. The van der Waals surface area contributed by atoms with Crippen molar-refractivity contribution in [2.45, 2.75) is 25.8 Å². The van der Waals surface area contributed by atoms with Crippen molar-refractivity contribution in [2.75, 3.05) is 32.1 Å². The molecular weight excluding hydrogens is 256 g/mol. The quantitative estimate of drug-likeness (QED) is 0.850. The Morgan fingerprint density at radius 2 is 2.05 bits per heavy atom. The lowest BCUT2D eigenvalue weighted by Gasteiger charge is -2.36. The summed E-state index contributed by atoms with van der Waals surface area (Å²) in [6.07, 6.45) is 2.34. The molecule has 0 spiro atoms. The second kappa shape index (κ2) is 5.84. The van der Waals surface area contributed by atoms with Crippen LogP contribution in [0, 0.1) is 6.92 Å². The number of anilines is 1. The van der Waals surface area contributed by atoms with Crippen molar-refractivity contribution < 1.29 is 0 Å². The van der Waals surface area contributed by atoms with E-state index in [1.165, 1.54) is 12.8 Å². The van der Waals surface area contributed by atoms with Crippen molar-refractivity contribution in [1.29, 1.82) is 0 Å². The van der Waals surface area contributed by atoms with Gasteiger partial charge in [-0.15, -0.1) is 0 Å². The molecule has 104 valence electrons. The maximum Gasteiger partial charge on any atom is 0.129 e. The summed E-state index contributed by atoms with van der Waals surface area (Å²) in [6, 6.07) is 4.48. The van der Waals surface area contributed by atoms with Crippen LogP contribution in [-0.2, 0) is 0 Å². The molecular formula is C14H22N4S. The molecule has 2 N–H and O–H groups in total. The molecule has 0 aliphatic carbocycles. The highest BCUT2D eigenvalue weighted by atomic mass is 32.1. The molecule has 1 fully saturated rings. The first-order chi connectivity index (χ1) is 8.97. The lowest BCUT2D eigenvalue weighted by Crippen LogP contribution is -2.42. The molecule has 1 saturated heterocycles. The minimum atomic E-state index is 0.434. The zero-order valence-corrected chi connectivity index (χ0v) is 12.7. The Bertz CT molecular complexity index is 467. The van der Waals surface area contributed by atoms with Crippen LogP contribution in [0.1, 0.15) is 24.1 Å². The number of nitrogens with zero attached hydrogens (tertiary/aromatic N) is 3. The van der Waals surface area contributed by atoms with Crippen LogP contribution in [0.5, 0.6) is 0 Å². The summed E-state index contributed by atoms with van der Waals surface area (Å²) in [5, 5.41) is 0. The molecule has 2 rings (SSSR count). The highest BCUT2D eigenvalue weighted by Gasteiger charge is 2.21. The molecule has 1 aliphatic rings. The van der Waals surface area contributed by atoms with Gasteiger partial charge in [0.1, 0.15) is 10.8 Å². The Labute approximate surface area is 120 Å². The van der Waals surface area contributed by atoms with Crippen LogP contribution in [0.4, 0.5) is 5.82 Å². The lowest BCUT2D eigenvalue weighted by molar-refractivity contribution is 0.252. The topological polar surface area (TPSA) is 45.4 Å². The van der Waals surface area contributed by atoms with E-state index in [1.54, 1.807) is 0 Å². The van der Waals surface area contributed by atoms with Crippen LogP contribution < -0.4 is 10.6 Å². The predicted octanol–water partition coefficient (Wildman–Crippen LogP) is 1.55. The van der Waals surface area contributed by atoms with Gasteiger partial charge in [0, 0.05) is 24.3 Å². The Morgan fingerprint density at radius 3 is 2.63 bits per heavy atom. The van der Waals surface area contributed by atoms with Gasteiger partial charge in [-0.2, -0.15) is 0 Å². The Hall–Kier alpha value is -1.20. The molecule has 5 heteroatoms. The van der Waals surface area contributed by atoms with E-state index < -0.39 is 0 Å². The smallest absolute Gasteiger partial charge is 0.129 e. The first kappa shape index (κ1) is 14.2. The van der Waals surface area contributed by atoms with Gasteiger partial charge in [-0.25, -0.2) is 4.98 Å². The summed E-state index contributed by atoms with van der Waals surface area (Å²) in [5.74, 6) is 0.970. The maximum absolute atomic E-state index is 5.73. The van der Waals surface area contributed by atoms with E-state index in [9.17, 15) is 0 Å². The molecule has 1 aliphatic heterocycles. The molecule has 1 aromatic rings. The Morgan fingerprint density at radius 1 is 1.42 bits per heavy atom.